The minimum absolute atomic E-state index is 0.0579. The highest BCUT2D eigenvalue weighted by Gasteiger charge is 2.17. The predicted octanol–water partition coefficient (Wildman–Crippen LogP) is 11.0. The van der Waals surface area contributed by atoms with Gasteiger partial charge in [-0.2, -0.15) is 0 Å². The van der Waals surface area contributed by atoms with E-state index in [0.29, 0.717) is 0 Å². The molecular weight excluding hydrogens is 560 g/mol. The van der Waals surface area contributed by atoms with Crippen LogP contribution < -0.4 is 0 Å². The van der Waals surface area contributed by atoms with Crippen molar-refractivity contribution in [3.63, 3.8) is 0 Å². The predicted molar refractivity (Wildman–Crippen MR) is 191 cm³/mol. The number of carbonyl (C=O) groups is 2. The Hall–Kier alpha value is -5.34. The molecule has 6 aromatic carbocycles. The molecule has 0 fully saturated rings. The van der Waals surface area contributed by atoms with Crippen molar-refractivity contribution in [3.8, 4) is 33.4 Å². The van der Waals surface area contributed by atoms with Gasteiger partial charge in [0.2, 0.25) is 0 Å². The smallest absolute Gasteiger partial charge is 0.193 e. The van der Waals surface area contributed by atoms with E-state index in [1.54, 1.807) is 0 Å². The molecule has 0 radical (unpaired) electrons. The van der Waals surface area contributed by atoms with Crippen LogP contribution in [0.15, 0.2) is 121 Å². The summed E-state index contributed by atoms with van der Waals surface area (Å²) in [5.41, 5.74) is 15.7. The van der Waals surface area contributed by atoms with Gasteiger partial charge in [0.15, 0.2) is 11.6 Å². The summed E-state index contributed by atoms with van der Waals surface area (Å²) in [6, 6.07) is 41.0. The van der Waals surface area contributed by atoms with Crippen LogP contribution in [-0.4, -0.2) is 11.6 Å². The van der Waals surface area contributed by atoms with Crippen molar-refractivity contribution in [2.45, 2.75) is 41.5 Å². The lowest BCUT2D eigenvalue weighted by molar-refractivity contribution is 0.103. The maximum Gasteiger partial charge on any atom is 0.193 e. The van der Waals surface area contributed by atoms with Crippen molar-refractivity contribution in [3.05, 3.63) is 177 Å². The standard InChI is InChI=1S/C44H38O2/c1-27-11-7-9-13-39(27)43(45)41-25-35(17-15-29(41)3)37-21-19-33(23-31(37)5)34-20-22-38(32(6)24-34)36-18-16-30(4)42(26-36)44(46)40-14-10-8-12-28(40)2/h7-26H,1-6H3. The van der Waals surface area contributed by atoms with Gasteiger partial charge >= 0.3 is 0 Å². The van der Waals surface area contributed by atoms with Crippen LogP contribution in [0.1, 0.15) is 65.2 Å². The Bertz CT molecular complexity index is 1990. The van der Waals surface area contributed by atoms with E-state index < -0.39 is 0 Å². The van der Waals surface area contributed by atoms with Gasteiger partial charge in [-0.15, -0.1) is 0 Å². The summed E-state index contributed by atoms with van der Waals surface area (Å²) in [6.45, 7) is 12.2. The molecule has 0 N–H and O–H groups in total. The Balaban J connectivity index is 1.29. The fraction of sp³-hybridized carbons (Fsp3) is 0.136. The van der Waals surface area contributed by atoms with Crippen LogP contribution in [0.5, 0.6) is 0 Å². The molecule has 0 aliphatic rings. The van der Waals surface area contributed by atoms with E-state index >= 15 is 0 Å². The highest BCUT2D eigenvalue weighted by atomic mass is 16.1. The van der Waals surface area contributed by atoms with Crippen molar-refractivity contribution < 1.29 is 9.59 Å². The minimum Gasteiger partial charge on any atom is -0.289 e. The number of benzene rings is 6. The lowest BCUT2D eigenvalue weighted by Gasteiger charge is -2.15. The van der Waals surface area contributed by atoms with Crippen molar-refractivity contribution in [2.75, 3.05) is 0 Å². The van der Waals surface area contributed by atoms with Crippen LogP contribution in [-0.2, 0) is 0 Å². The topological polar surface area (TPSA) is 34.1 Å². The van der Waals surface area contributed by atoms with E-state index in [4.69, 9.17) is 0 Å². The Kier molecular flexibility index (Phi) is 8.39. The number of hydrogen-bond donors (Lipinski definition) is 0. The summed E-state index contributed by atoms with van der Waals surface area (Å²) in [6.07, 6.45) is 0. The molecule has 226 valence electrons. The molecule has 0 aliphatic carbocycles. The Morgan fingerprint density at radius 3 is 1.04 bits per heavy atom. The summed E-state index contributed by atoms with van der Waals surface area (Å²) in [7, 11) is 0. The van der Waals surface area contributed by atoms with Crippen LogP contribution in [0.2, 0.25) is 0 Å². The van der Waals surface area contributed by atoms with Crippen LogP contribution in [0.4, 0.5) is 0 Å². The first-order chi connectivity index (χ1) is 22.1. The van der Waals surface area contributed by atoms with Gasteiger partial charge in [-0.1, -0.05) is 109 Å². The van der Waals surface area contributed by atoms with Gasteiger partial charge in [-0.05, 0) is 120 Å². The average Bonchev–Trinajstić information content (AvgIpc) is 3.05. The second-order valence-corrected chi connectivity index (χ2v) is 12.4. The second kappa shape index (κ2) is 12.6. The molecule has 0 bridgehead atoms. The Labute approximate surface area is 272 Å². The Morgan fingerprint density at radius 1 is 0.326 bits per heavy atom. The number of hydrogen-bond acceptors (Lipinski definition) is 2. The molecule has 0 heterocycles. The third-order valence-corrected chi connectivity index (χ3v) is 9.15. The molecule has 0 atom stereocenters. The first kappa shape index (κ1) is 30.7. The number of ketones is 2. The Morgan fingerprint density at radius 2 is 0.674 bits per heavy atom. The highest BCUT2D eigenvalue weighted by molar-refractivity contribution is 6.12. The van der Waals surface area contributed by atoms with Gasteiger partial charge < -0.3 is 0 Å². The largest absolute Gasteiger partial charge is 0.289 e. The fourth-order valence-electron chi connectivity index (χ4n) is 6.35. The van der Waals surface area contributed by atoms with Gasteiger partial charge in [0.1, 0.15) is 0 Å². The number of rotatable bonds is 7. The van der Waals surface area contributed by atoms with Gasteiger partial charge in [0, 0.05) is 22.3 Å². The van der Waals surface area contributed by atoms with Crippen molar-refractivity contribution in [1.29, 1.82) is 0 Å². The summed E-state index contributed by atoms with van der Waals surface area (Å²) in [4.78, 5) is 27.0. The summed E-state index contributed by atoms with van der Waals surface area (Å²) >= 11 is 0. The van der Waals surface area contributed by atoms with Gasteiger partial charge in [-0.3, -0.25) is 9.59 Å². The van der Waals surface area contributed by atoms with Crippen molar-refractivity contribution >= 4 is 11.6 Å². The molecule has 6 aromatic rings. The first-order valence-corrected chi connectivity index (χ1v) is 15.8. The molecule has 0 amide bonds. The molecule has 0 saturated heterocycles. The maximum absolute atomic E-state index is 13.5. The SMILES string of the molecule is Cc1ccccc1C(=O)c1cc(-c2ccc(-c3ccc(-c4ccc(C)c(C(=O)c5ccccc5C)c4)c(C)c3)cc2C)ccc1C. The zero-order chi connectivity index (χ0) is 32.5. The first-order valence-electron chi connectivity index (χ1n) is 15.8. The van der Waals surface area contributed by atoms with Crippen LogP contribution in [0, 0.1) is 41.5 Å². The molecule has 0 aliphatic heterocycles. The molecule has 2 heteroatoms. The molecule has 6 rings (SSSR count). The maximum atomic E-state index is 13.5. The molecule has 0 unspecified atom stereocenters. The van der Waals surface area contributed by atoms with Gasteiger partial charge in [-0.25, -0.2) is 0 Å². The van der Waals surface area contributed by atoms with Crippen molar-refractivity contribution in [2.24, 2.45) is 0 Å². The summed E-state index contributed by atoms with van der Waals surface area (Å²) in [5.74, 6) is 0.116. The van der Waals surface area contributed by atoms with E-state index in [0.717, 1.165) is 89.0 Å². The van der Waals surface area contributed by atoms with Crippen LogP contribution >= 0.6 is 0 Å². The lowest BCUT2D eigenvalue weighted by Crippen LogP contribution is -2.06. The van der Waals surface area contributed by atoms with E-state index in [1.165, 1.54) is 0 Å². The normalized spacial score (nSPS) is 11.0. The summed E-state index contributed by atoms with van der Waals surface area (Å²) in [5, 5.41) is 0. The van der Waals surface area contributed by atoms with Crippen molar-refractivity contribution in [1.82, 2.24) is 0 Å². The van der Waals surface area contributed by atoms with E-state index in [1.807, 2.05) is 100 Å². The molecule has 0 aromatic heterocycles. The van der Waals surface area contributed by atoms with Crippen LogP contribution in [0.25, 0.3) is 33.4 Å². The monoisotopic (exact) mass is 598 g/mol. The van der Waals surface area contributed by atoms with E-state index in [2.05, 4.69) is 62.4 Å². The molecule has 2 nitrogen and oxygen atoms in total. The lowest BCUT2D eigenvalue weighted by atomic mass is 9.89. The number of carbonyl (C=O) groups excluding carboxylic acids is 2. The molecular formula is C44H38O2. The van der Waals surface area contributed by atoms with E-state index in [9.17, 15) is 9.59 Å². The third-order valence-electron chi connectivity index (χ3n) is 9.15. The summed E-state index contributed by atoms with van der Waals surface area (Å²) < 4.78 is 0. The van der Waals surface area contributed by atoms with Gasteiger partial charge in [0.25, 0.3) is 0 Å². The minimum atomic E-state index is 0.0579. The van der Waals surface area contributed by atoms with Crippen LogP contribution in [0.3, 0.4) is 0 Å². The number of aryl methyl sites for hydroxylation is 6. The zero-order valence-electron chi connectivity index (χ0n) is 27.4. The molecule has 0 spiro atoms. The fourth-order valence-corrected chi connectivity index (χ4v) is 6.35. The molecule has 46 heavy (non-hydrogen) atoms. The quantitative estimate of drug-likeness (QED) is 0.171. The van der Waals surface area contributed by atoms with E-state index in [-0.39, 0.29) is 11.6 Å². The van der Waals surface area contributed by atoms with Gasteiger partial charge in [0.05, 0.1) is 0 Å². The molecule has 0 saturated carbocycles. The highest BCUT2D eigenvalue weighted by Crippen LogP contribution is 2.34. The average molecular weight is 599 g/mol. The third kappa shape index (κ3) is 5.87. The second-order valence-electron chi connectivity index (χ2n) is 12.4. The zero-order valence-corrected chi connectivity index (χ0v) is 27.4.